The standard InChI is InChI=1S/C21H29NO2/c1-4-6-8-19(9-7-5-2)22-13-12-18-15-17(10-11-20(18)22)16(3)14-21(23)24/h10-15,19H,4-9H2,1-3H3,(H,23,24). The number of aliphatic carboxylic acids is 1. The molecule has 0 atom stereocenters. The van der Waals surface area contributed by atoms with Gasteiger partial charge in [-0.15, -0.1) is 0 Å². The van der Waals surface area contributed by atoms with Crippen molar-refractivity contribution in [1.29, 1.82) is 0 Å². The highest BCUT2D eigenvalue weighted by Gasteiger charge is 2.13. The van der Waals surface area contributed by atoms with Gasteiger partial charge in [0.25, 0.3) is 0 Å². The molecule has 130 valence electrons. The van der Waals surface area contributed by atoms with Crippen molar-refractivity contribution >= 4 is 22.4 Å². The number of rotatable bonds is 9. The average molecular weight is 327 g/mol. The van der Waals surface area contributed by atoms with Gasteiger partial charge in [-0.2, -0.15) is 0 Å². The van der Waals surface area contributed by atoms with Crippen LogP contribution in [-0.2, 0) is 4.79 Å². The van der Waals surface area contributed by atoms with Crippen molar-refractivity contribution < 1.29 is 9.90 Å². The first kappa shape index (κ1) is 18.3. The summed E-state index contributed by atoms with van der Waals surface area (Å²) >= 11 is 0. The van der Waals surface area contributed by atoms with E-state index in [9.17, 15) is 4.79 Å². The molecule has 0 aliphatic heterocycles. The van der Waals surface area contributed by atoms with Crippen molar-refractivity contribution in [3.63, 3.8) is 0 Å². The first-order valence-corrected chi connectivity index (χ1v) is 9.09. The largest absolute Gasteiger partial charge is 0.478 e. The molecular formula is C21H29NO2. The molecule has 0 saturated heterocycles. The Kier molecular flexibility index (Phi) is 6.65. The second kappa shape index (κ2) is 8.72. The van der Waals surface area contributed by atoms with E-state index in [1.165, 1.54) is 55.5 Å². The van der Waals surface area contributed by atoms with E-state index in [1.54, 1.807) is 0 Å². The number of carbonyl (C=O) groups is 1. The topological polar surface area (TPSA) is 42.2 Å². The highest BCUT2D eigenvalue weighted by atomic mass is 16.4. The molecule has 1 aromatic heterocycles. The first-order chi connectivity index (χ1) is 11.6. The molecule has 0 radical (unpaired) electrons. The molecule has 0 unspecified atom stereocenters. The molecule has 1 N–H and O–H groups in total. The van der Waals surface area contributed by atoms with Gasteiger partial charge in [0.05, 0.1) is 0 Å². The van der Waals surface area contributed by atoms with Crippen LogP contribution in [0.3, 0.4) is 0 Å². The Morgan fingerprint density at radius 2 is 1.83 bits per heavy atom. The number of hydrogen-bond acceptors (Lipinski definition) is 1. The molecule has 0 spiro atoms. The first-order valence-electron chi connectivity index (χ1n) is 9.09. The Labute approximate surface area is 145 Å². The Hall–Kier alpha value is -2.03. The zero-order valence-electron chi connectivity index (χ0n) is 15.1. The summed E-state index contributed by atoms with van der Waals surface area (Å²) in [7, 11) is 0. The third kappa shape index (κ3) is 4.50. The number of aromatic nitrogens is 1. The lowest BCUT2D eigenvalue weighted by Crippen LogP contribution is -2.08. The summed E-state index contributed by atoms with van der Waals surface area (Å²) in [6.07, 6.45) is 10.9. The van der Waals surface area contributed by atoms with Crippen LogP contribution in [0.5, 0.6) is 0 Å². The van der Waals surface area contributed by atoms with E-state index in [0.717, 1.165) is 11.1 Å². The van der Waals surface area contributed by atoms with Crippen molar-refractivity contribution in [1.82, 2.24) is 4.57 Å². The number of carboxylic acid groups (broad SMARTS) is 1. The molecule has 3 heteroatoms. The second-order valence-corrected chi connectivity index (χ2v) is 6.60. The Balaban J connectivity index is 2.33. The molecule has 0 aliphatic rings. The summed E-state index contributed by atoms with van der Waals surface area (Å²) in [5.74, 6) is -0.899. The fourth-order valence-corrected chi connectivity index (χ4v) is 3.30. The quantitative estimate of drug-likeness (QED) is 0.570. The van der Waals surface area contributed by atoms with Crippen LogP contribution < -0.4 is 0 Å². The van der Waals surface area contributed by atoms with Crippen LogP contribution in [-0.4, -0.2) is 15.6 Å². The number of carboxylic acids is 1. The predicted molar refractivity (Wildman–Crippen MR) is 101 cm³/mol. The molecule has 0 fully saturated rings. The summed E-state index contributed by atoms with van der Waals surface area (Å²) < 4.78 is 2.42. The van der Waals surface area contributed by atoms with Gasteiger partial charge in [-0.3, -0.25) is 0 Å². The lowest BCUT2D eigenvalue weighted by atomic mass is 10.0. The summed E-state index contributed by atoms with van der Waals surface area (Å²) in [4.78, 5) is 10.9. The summed E-state index contributed by atoms with van der Waals surface area (Å²) in [6, 6.07) is 8.97. The SMILES string of the molecule is CCCCC(CCCC)n1ccc2cc(C(C)=CC(=O)O)ccc21. The van der Waals surface area contributed by atoms with Gasteiger partial charge >= 0.3 is 5.97 Å². The van der Waals surface area contributed by atoms with Crippen molar-refractivity contribution in [3.8, 4) is 0 Å². The van der Waals surface area contributed by atoms with E-state index in [4.69, 9.17) is 5.11 Å². The lowest BCUT2D eigenvalue weighted by Gasteiger charge is -2.20. The van der Waals surface area contributed by atoms with E-state index in [-0.39, 0.29) is 0 Å². The normalized spacial score (nSPS) is 12.2. The summed E-state index contributed by atoms with van der Waals surface area (Å²) in [6.45, 7) is 6.33. The summed E-state index contributed by atoms with van der Waals surface area (Å²) in [5, 5.41) is 10.1. The van der Waals surface area contributed by atoms with Crippen LogP contribution in [0, 0.1) is 0 Å². The number of allylic oxidation sites excluding steroid dienone is 1. The van der Waals surface area contributed by atoms with Crippen LogP contribution >= 0.6 is 0 Å². The molecule has 2 rings (SSSR count). The minimum absolute atomic E-state index is 0.559. The minimum Gasteiger partial charge on any atom is -0.478 e. The monoisotopic (exact) mass is 327 g/mol. The number of hydrogen-bond donors (Lipinski definition) is 1. The second-order valence-electron chi connectivity index (χ2n) is 6.60. The van der Waals surface area contributed by atoms with Gasteiger partial charge in [-0.1, -0.05) is 45.6 Å². The van der Waals surface area contributed by atoms with Crippen molar-refractivity contribution in [2.24, 2.45) is 0 Å². The lowest BCUT2D eigenvalue weighted by molar-refractivity contribution is -0.131. The maximum absolute atomic E-state index is 10.9. The zero-order chi connectivity index (χ0) is 17.5. The van der Waals surface area contributed by atoms with E-state index in [1.807, 2.05) is 13.0 Å². The van der Waals surface area contributed by atoms with Gasteiger partial charge in [0.2, 0.25) is 0 Å². The zero-order valence-corrected chi connectivity index (χ0v) is 15.1. The van der Waals surface area contributed by atoms with Crippen molar-refractivity contribution in [2.75, 3.05) is 0 Å². The number of benzene rings is 1. The molecule has 0 amide bonds. The third-order valence-corrected chi connectivity index (χ3v) is 4.69. The van der Waals surface area contributed by atoms with Crippen molar-refractivity contribution in [2.45, 2.75) is 65.3 Å². The molecule has 0 bridgehead atoms. The van der Waals surface area contributed by atoms with Gasteiger partial charge in [0, 0.05) is 29.2 Å². The molecular weight excluding hydrogens is 298 g/mol. The number of unbranched alkanes of at least 4 members (excludes halogenated alkanes) is 2. The predicted octanol–water partition coefficient (Wildman–Crippen LogP) is 6.05. The minimum atomic E-state index is -0.899. The highest BCUT2D eigenvalue weighted by molar-refractivity contribution is 5.91. The van der Waals surface area contributed by atoms with E-state index < -0.39 is 5.97 Å². The number of fused-ring (bicyclic) bond motifs is 1. The van der Waals surface area contributed by atoms with Gasteiger partial charge in [-0.05, 0) is 49.1 Å². The van der Waals surface area contributed by atoms with Gasteiger partial charge in [-0.25, -0.2) is 4.79 Å². The molecule has 0 saturated carbocycles. The van der Waals surface area contributed by atoms with Crippen LogP contribution in [0.1, 0.15) is 70.9 Å². The smallest absolute Gasteiger partial charge is 0.328 e. The van der Waals surface area contributed by atoms with Crippen LogP contribution in [0.25, 0.3) is 16.5 Å². The van der Waals surface area contributed by atoms with E-state index in [0.29, 0.717) is 6.04 Å². The molecule has 1 heterocycles. The van der Waals surface area contributed by atoms with Gasteiger partial charge in [0.1, 0.15) is 0 Å². The molecule has 24 heavy (non-hydrogen) atoms. The summed E-state index contributed by atoms with van der Waals surface area (Å²) in [5.41, 5.74) is 3.01. The average Bonchev–Trinajstić information content (AvgIpc) is 2.97. The Morgan fingerprint density at radius 3 is 2.42 bits per heavy atom. The highest BCUT2D eigenvalue weighted by Crippen LogP contribution is 2.29. The van der Waals surface area contributed by atoms with Gasteiger partial charge in [0.15, 0.2) is 0 Å². The fraction of sp³-hybridized carbons (Fsp3) is 0.476. The maximum Gasteiger partial charge on any atom is 0.328 e. The van der Waals surface area contributed by atoms with Crippen LogP contribution in [0.2, 0.25) is 0 Å². The molecule has 3 nitrogen and oxygen atoms in total. The van der Waals surface area contributed by atoms with E-state index >= 15 is 0 Å². The molecule has 0 aliphatic carbocycles. The molecule has 2 aromatic rings. The van der Waals surface area contributed by atoms with Crippen LogP contribution in [0.4, 0.5) is 0 Å². The van der Waals surface area contributed by atoms with Crippen LogP contribution in [0.15, 0.2) is 36.5 Å². The van der Waals surface area contributed by atoms with E-state index in [2.05, 4.69) is 42.8 Å². The van der Waals surface area contributed by atoms with Crippen molar-refractivity contribution in [3.05, 3.63) is 42.1 Å². The number of nitrogens with zero attached hydrogens (tertiary/aromatic N) is 1. The fourth-order valence-electron chi connectivity index (χ4n) is 3.30. The molecule has 1 aromatic carbocycles. The maximum atomic E-state index is 10.9. The Morgan fingerprint density at radius 1 is 1.17 bits per heavy atom. The Bertz CT molecular complexity index is 704. The van der Waals surface area contributed by atoms with Gasteiger partial charge < -0.3 is 9.67 Å². The third-order valence-electron chi connectivity index (χ3n) is 4.69.